The maximum absolute atomic E-state index is 12.2. The molecule has 3 rings (SSSR count). The molecule has 1 atom stereocenters. The van der Waals surface area contributed by atoms with E-state index in [4.69, 9.17) is 10.3 Å². The second-order valence-corrected chi connectivity index (χ2v) is 6.32. The Labute approximate surface area is 146 Å². The quantitative estimate of drug-likeness (QED) is 0.855. The summed E-state index contributed by atoms with van der Waals surface area (Å²) in [5.74, 6) is 0.0173. The Morgan fingerprint density at radius 2 is 1.96 bits per heavy atom. The molecule has 0 saturated carbocycles. The minimum absolute atomic E-state index is 0.0463. The third kappa shape index (κ3) is 4.06. The van der Waals surface area contributed by atoms with Gasteiger partial charge in [0.05, 0.1) is 0 Å². The average Bonchev–Trinajstić information content (AvgIpc) is 3.04. The first-order valence-corrected chi connectivity index (χ1v) is 8.37. The average molecular weight is 342 g/mol. The zero-order valence-electron chi connectivity index (χ0n) is 14.1. The van der Waals surface area contributed by atoms with Crippen LogP contribution in [-0.4, -0.2) is 41.0 Å². The van der Waals surface area contributed by atoms with Crippen molar-refractivity contribution in [1.82, 2.24) is 15.4 Å². The maximum atomic E-state index is 12.2. The van der Waals surface area contributed by atoms with Crippen molar-refractivity contribution in [3.63, 3.8) is 0 Å². The van der Waals surface area contributed by atoms with Crippen molar-refractivity contribution >= 4 is 11.8 Å². The molecule has 1 aliphatic heterocycles. The van der Waals surface area contributed by atoms with Gasteiger partial charge < -0.3 is 15.6 Å². The molecule has 2 aromatic rings. The van der Waals surface area contributed by atoms with Crippen LogP contribution in [0.5, 0.6) is 0 Å². The van der Waals surface area contributed by atoms with Crippen molar-refractivity contribution in [1.29, 1.82) is 0 Å². The lowest BCUT2D eigenvalue weighted by Gasteiger charge is -2.36. The number of amides is 2. The summed E-state index contributed by atoms with van der Waals surface area (Å²) < 4.78 is 4.93. The molecule has 2 heterocycles. The predicted molar refractivity (Wildman–Crippen MR) is 91.7 cm³/mol. The lowest BCUT2D eigenvalue weighted by Crippen LogP contribution is -2.48. The molecule has 1 aliphatic rings. The molecular weight excluding hydrogens is 320 g/mol. The van der Waals surface area contributed by atoms with Gasteiger partial charge in [-0.15, -0.1) is 0 Å². The minimum Gasteiger partial charge on any atom is -0.368 e. The molecule has 1 saturated heterocycles. The van der Waals surface area contributed by atoms with Gasteiger partial charge in [0.2, 0.25) is 5.91 Å². The number of nitrogens with two attached hydrogens (primary N) is 1. The summed E-state index contributed by atoms with van der Waals surface area (Å²) in [5.41, 5.74) is 6.81. The number of aryl methyl sites for hydroxylation is 1. The smallest absolute Gasteiger partial charge is 0.273 e. The first-order chi connectivity index (χ1) is 12.0. The SMILES string of the molecule is Cc1cc(C(=O)NC2CCN([C@H](C(N)=O)c3ccccc3)CC2)no1. The molecule has 7 nitrogen and oxygen atoms in total. The molecule has 25 heavy (non-hydrogen) atoms. The van der Waals surface area contributed by atoms with Crippen molar-refractivity contribution in [2.75, 3.05) is 13.1 Å². The van der Waals surface area contributed by atoms with Gasteiger partial charge in [-0.2, -0.15) is 0 Å². The fourth-order valence-corrected chi connectivity index (χ4v) is 3.23. The Bertz CT molecular complexity index is 736. The standard InChI is InChI=1S/C18H22N4O3/c1-12-11-15(21-25-12)18(24)20-14-7-9-22(10-8-14)16(17(19)23)13-5-3-2-4-6-13/h2-6,11,14,16H,7-10H2,1H3,(H2,19,23)(H,20,24)/t16-/m0/s1. The highest BCUT2D eigenvalue weighted by Crippen LogP contribution is 2.24. The number of aromatic nitrogens is 1. The number of nitrogens with zero attached hydrogens (tertiary/aromatic N) is 2. The second-order valence-electron chi connectivity index (χ2n) is 6.32. The lowest BCUT2D eigenvalue weighted by molar-refractivity contribution is -0.124. The molecule has 0 aliphatic carbocycles. The Kier molecular flexibility index (Phi) is 5.14. The van der Waals surface area contributed by atoms with Crippen LogP contribution >= 0.6 is 0 Å². The van der Waals surface area contributed by atoms with Gasteiger partial charge in [0.15, 0.2) is 5.69 Å². The van der Waals surface area contributed by atoms with E-state index in [-0.39, 0.29) is 17.9 Å². The van der Waals surface area contributed by atoms with Crippen LogP contribution in [0.3, 0.4) is 0 Å². The van der Waals surface area contributed by atoms with Gasteiger partial charge in [0.1, 0.15) is 11.8 Å². The molecule has 1 aromatic heterocycles. The van der Waals surface area contributed by atoms with E-state index >= 15 is 0 Å². The number of likely N-dealkylation sites (tertiary alicyclic amines) is 1. The summed E-state index contributed by atoms with van der Waals surface area (Å²) in [5, 5.41) is 6.70. The van der Waals surface area contributed by atoms with E-state index in [1.807, 2.05) is 30.3 Å². The molecule has 0 bridgehead atoms. The second kappa shape index (κ2) is 7.48. The lowest BCUT2D eigenvalue weighted by atomic mass is 9.98. The summed E-state index contributed by atoms with van der Waals surface area (Å²) >= 11 is 0. The number of hydrogen-bond acceptors (Lipinski definition) is 5. The first kappa shape index (κ1) is 17.2. The maximum Gasteiger partial charge on any atom is 0.273 e. The third-order valence-electron chi connectivity index (χ3n) is 4.48. The number of carbonyl (C=O) groups is 2. The number of nitrogens with one attached hydrogen (secondary N) is 1. The van der Waals surface area contributed by atoms with Gasteiger partial charge in [0, 0.05) is 25.2 Å². The van der Waals surface area contributed by atoms with Gasteiger partial charge in [-0.1, -0.05) is 35.5 Å². The Balaban J connectivity index is 1.59. The summed E-state index contributed by atoms with van der Waals surface area (Å²) in [4.78, 5) is 26.2. The highest BCUT2D eigenvalue weighted by Gasteiger charge is 2.30. The minimum atomic E-state index is -0.434. The number of hydrogen-bond donors (Lipinski definition) is 2. The number of piperidine rings is 1. The Hall–Kier alpha value is -2.67. The molecular formula is C18H22N4O3. The van der Waals surface area contributed by atoms with Gasteiger partial charge in [-0.3, -0.25) is 14.5 Å². The van der Waals surface area contributed by atoms with Crippen LogP contribution in [0.1, 0.15) is 40.7 Å². The normalized spacial score (nSPS) is 17.2. The van der Waals surface area contributed by atoms with E-state index in [0.29, 0.717) is 24.5 Å². The number of carbonyl (C=O) groups excluding carboxylic acids is 2. The number of rotatable bonds is 5. The van der Waals surface area contributed by atoms with Crippen molar-refractivity contribution in [3.05, 3.63) is 53.4 Å². The van der Waals surface area contributed by atoms with E-state index in [0.717, 1.165) is 18.4 Å². The van der Waals surface area contributed by atoms with Gasteiger partial charge in [-0.25, -0.2) is 0 Å². The van der Waals surface area contributed by atoms with E-state index in [2.05, 4.69) is 15.4 Å². The summed E-state index contributed by atoms with van der Waals surface area (Å²) in [6.07, 6.45) is 1.50. The van der Waals surface area contributed by atoms with Gasteiger partial charge in [-0.05, 0) is 25.3 Å². The molecule has 0 unspecified atom stereocenters. The molecule has 1 aromatic carbocycles. The molecule has 132 valence electrons. The molecule has 7 heteroatoms. The molecule has 0 radical (unpaired) electrons. The van der Waals surface area contributed by atoms with Crippen LogP contribution in [0.4, 0.5) is 0 Å². The Morgan fingerprint density at radius 1 is 1.28 bits per heavy atom. The van der Waals surface area contributed by atoms with Crippen LogP contribution in [0.2, 0.25) is 0 Å². The fourth-order valence-electron chi connectivity index (χ4n) is 3.23. The largest absolute Gasteiger partial charge is 0.368 e. The number of benzene rings is 1. The summed E-state index contributed by atoms with van der Waals surface area (Å²) in [6.45, 7) is 3.12. The first-order valence-electron chi connectivity index (χ1n) is 8.37. The van der Waals surface area contributed by atoms with Crippen molar-refractivity contribution in [2.24, 2.45) is 5.73 Å². The van der Waals surface area contributed by atoms with Crippen molar-refractivity contribution < 1.29 is 14.1 Å². The van der Waals surface area contributed by atoms with Crippen LogP contribution in [0, 0.1) is 6.92 Å². The van der Waals surface area contributed by atoms with Gasteiger partial charge >= 0.3 is 0 Å². The van der Waals surface area contributed by atoms with Crippen molar-refractivity contribution in [2.45, 2.75) is 31.8 Å². The van der Waals surface area contributed by atoms with Crippen LogP contribution in [0.25, 0.3) is 0 Å². The molecule has 2 amide bonds. The summed E-state index contributed by atoms with van der Waals surface area (Å²) in [7, 11) is 0. The van der Waals surface area contributed by atoms with E-state index in [1.54, 1.807) is 13.0 Å². The fraction of sp³-hybridized carbons (Fsp3) is 0.389. The van der Waals surface area contributed by atoms with E-state index in [9.17, 15) is 9.59 Å². The van der Waals surface area contributed by atoms with E-state index < -0.39 is 6.04 Å². The zero-order valence-corrected chi connectivity index (χ0v) is 14.1. The predicted octanol–water partition coefficient (Wildman–Crippen LogP) is 1.40. The van der Waals surface area contributed by atoms with Gasteiger partial charge in [0.25, 0.3) is 5.91 Å². The zero-order chi connectivity index (χ0) is 17.8. The molecule has 3 N–H and O–H groups in total. The highest BCUT2D eigenvalue weighted by molar-refractivity contribution is 5.92. The molecule has 1 fully saturated rings. The van der Waals surface area contributed by atoms with E-state index in [1.165, 1.54) is 0 Å². The third-order valence-corrected chi connectivity index (χ3v) is 4.48. The summed E-state index contributed by atoms with van der Waals surface area (Å²) in [6, 6.07) is 10.8. The van der Waals surface area contributed by atoms with Crippen molar-refractivity contribution in [3.8, 4) is 0 Å². The highest BCUT2D eigenvalue weighted by atomic mass is 16.5. The monoisotopic (exact) mass is 342 g/mol. The van der Waals surface area contributed by atoms with Crippen LogP contribution in [0.15, 0.2) is 40.9 Å². The Morgan fingerprint density at radius 3 is 2.52 bits per heavy atom. The van der Waals surface area contributed by atoms with Crippen LogP contribution < -0.4 is 11.1 Å². The van der Waals surface area contributed by atoms with Crippen LogP contribution in [-0.2, 0) is 4.79 Å². The molecule has 0 spiro atoms. The topological polar surface area (TPSA) is 101 Å². The number of primary amides is 1.